The molecule has 3 aromatic carbocycles. The predicted molar refractivity (Wildman–Crippen MR) is 165 cm³/mol. The van der Waals surface area contributed by atoms with Crippen LogP contribution in [0.5, 0.6) is 23.0 Å². The molecule has 0 fully saturated rings. The van der Waals surface area contributed by atoms with Crippen LogP contribution in [0.25, 0.3) is 0 Å². The van der Waals surface area contributed by atoms with E-state index >= 15 is 0 Å². The smallest absolute Gasteiger partial charge is 0.220 e. The molecule has 2 N–H and O–H groups in total. The molecule has 2 amide bonds. The molecule has 232 valence electrons. The Labute approximate surface area is 253 Å². The Morgan fingerprint density at radius 1 is 0.674 bits per heavy atom. The summed E-state index contributed by atoms with van der Waals surface area (Å²) in [6.07, 6.45) is 4.65. The molecule has 0 bridgehead atoms. The molecular formula is C34H43FN2O6. The third kappa shape index (κ3) is 10.5. The van der Waals surface area contributed by atoms with E-state index in [1.165, 1.54) is 13.2 Å². The second-order valence-electron chi connectivity index (χ2n) is 10.2. The number of amides is 2. The zero-order chi connectivity index (χ0) is 31.0. The summed E-state index contributed by atoms with van der Waals surface area (Å²) in [6.45, 7) is 0.912. The van der Waals surface area contributed by atoms with E-state index in [1.807, 2.05) is 30.3 Å². The van der Waals surface area contributed by atoms with Gasteiger partial charge in [0.25, 0.3) is 0 Å². The first-order chi connectivity index (χ1) is 20.9. The minimum absolute atomic E-state index is 0.0413. The highest BCUT2D eigenvalue weighted by molar-refractivity contribution is 5.77. The van der Waals surface area contributed by atoms with Crippen LogP contribution in [0.15, 0.2) is 54.6 Å². The van der Waals surface area contributed by atoms with Gasteiger partial charge in [-0.15, -0.1) is 0 Å². The van der Waals surface area contributed by atoms with E-state index in [4.69, 9.17) is 18.9 Å². The Morgan fingerprint density at radius 2 is 1.33 bits per heavy atom. The average Bonchev–Trinajstić information content (AvgIpc) is 3.02. The third-order valence-electron chi connectivity index (χ3n) is 7.27. The molecule has 0 aliphatic heterocycles. The van der Waals surface area contributed by atoms with Crippen LogP contribution in [0.1, 0.15) is 47.9 Å². The average molecular weight is 595 g/mol. The Kier molecular flexibility index (Phi) is 13.6. The number of carbonyl (C=O) groups excluding carboxylic acids is 2. The van der Waals surface area contributed by atoms with Crippen LogP contribution in [0.3, 0.4) is 0 Å². The summed E-state index contributed by atoms with van der Waals surface area (Å²) in [4.78, 5) is 24.6. The highest BCUT2D eigenvalue weighted by atomic mass is 19.1. The van der Waals surface area contributed by atoms with Crippen molar-refractivity contribution in [3.05, 3.63) is 82.7 Å². The summed E-state index contributed by atoms with van der Waals surface area (Å²) in [5.41, 5.74) is 4.09. The van der Waals surface area contributed by atoms with E-state index < -0.39 is 5.82 Å². The van der Waals surface area contributed by atoms with Crippen LogP contribution in [0.2, 0.25) is 0 Å². The van der Waals surface area contributed by atoms with Gasteiger partial charge in [-0.2, -0.15) is 0 Å². The molecule has 3 rings (SSSR count). The van der Waals surface area contributed by atoms with Gasteiger partial charge < -0.3 is 29.6 Å². The number of nitrogens with one attached hydrogen (secondary N) is 2. The van der Waals surface area contributed by atoms with Crippen LogP contribution in [-0.2, 0) is 35.3 Å². The van der Waals surface area contributed by atoms with Gasteiger partial charge in [-0.25, -0.2) is 4.39 Å². The zero-order valence-corrected chi connectivity index (χ0v) is 25.6. The van der Waals surface area contributed by atoms with Crippen molar-refractivity contribution < 1.29 is 32.9 Å². The molecule has 0 aliphatic rings. The van der Waals surface area contributed by atoms with Crippen LogP contribution in [0, 0.1) is 5.82 Å². The van der Waals surface area contributed by atoms with E-state index in [0.717, 1.165) is 40.8 Å². The summed E-state index contributed by atoms with van der Waals surface area (Å²) >= 11 is 0. The van der Waals surface area contributed by atoms with E-state index in [0.29, 0.717) is 63.1 Å². The van der Waals surface area contributed by atoms with Crippen molar-refractivity contribution in [1.82, 2.24) is 10.6 Å². The Balaban J connectivity index is 1.40. The first-order valence-corrected chi connectivity index (χ1v) is 14.6. The number of methoxy groups -OCH3 is 4. The molecule has 0 aromatic heterocycles. The minimum Gasteiger partial charge on any atom is -0.497 e. The Morgan fingerprint density at radius 3 is 1.95 bits per heavy atom. The fourth-order valence-electron chi connectivity index (χ4n) is 4.93. The normalized spacial score (nSPS) is 10.6. The largest absolute Gasteiger partial charge is 0.497 e. The molecule has 43 heavy (non-hydrogen) atoms. The summed E-state index contributed by atoms with van der Waals surface area (Å²) in [5, 5.41) is 5.85. The minimum atomic E-state index is -0.418. The number of aryl methyl sites for hydroxylation is 1. The maximum absolute atomic E-state index is 13.8. The van der Waals surface area contributed by atoms with E-state index in [-0.39, 0.29) is 17.6 Å². The maximum atomic E-state index is 13.8. The van der Waals surface area contributed by atoms with E-state index in [1.54, 1.807) is 33.5 Å². The molecule has 0 atom stereocenters. The van der Waals surface area contributed by atoms with Gasteiger partial charge in [0.15, 0.2) is 23.1 Å². The molecule has 3 aromatic rings. The first-order valence-electron chi connectivity index (χ1n) is 14.6. The lowest BCUT2D eigenvalue weighted by Gasteiger charge is -2.17. The van der Waals surface area contributed by atoms with Gasteiger partial charge in [0.05, 0.1) is 28.4 Å². The molecule has 0 unspecified atom stereocenters. The molecule has 0 aliphatic carbocycles. The Bertz CT molecular complexity index is 1350. The second kappa shape index (κ2) is 17.6. The number of rotatable bonds is 18. The van der Waals surface area contributed by atoms with E-state index in [9.17, 15) is 14.0 Å². The van der Waals surface area contributed by atoms with Gasteiger partial charge in [0.1, 0.15) is 5.75 Å². The fraction of sp³-hybridized carbons (Fsp3) is 0.412. The third-order valence-corrected chi connectivity index (χ3v) is 7.27. The zero-order valence-electron chi connectivity index (χ0n) is 25.6. The standard InChI is InChI=1S/C34H43FN2O6/c1-40-27-9-7-8-24(22-27)12-15-28-26(14-17-31(42-3)34(28)43-4)19-21-37-33(39)11-6-5-10-32(38)36-20-18-25-13-16-30(41-2)29(35)23-25/h7-9,13-14,16-17,22-23H,5-6,10-12,15,18-21H2,1-4H3,(H,36,38)(H,37,39). The number of carbonyl (C=O) groups is 2. The molecule has 8 nitrogen and oxygen atoms in total. The highest BCUT2D eigenvalue weighted by Gasteiger charge is 2.16. The van der Waals surface area contributed by atoms with Gasteiger partial charge in [0, 0.05) is 31.5 Å². The lowest BCUT2D eigenvalue weighted by atomic mass is 9.96. The topological polar surface area (TPSA) is 95.1 Å². The Hall–Kier alpha value is -4.27. The maximum Gasteiger partial charge on any atom is 0.220 e. The first kappa shape index (κ1) is 33.2. The van der Waals surface area contributed by atoms with Crippen molar-refractivity contribution in [1.29, 1.82) is 0 Å². The molecule has 0 heterocycles. The number of benzene rings is 3. The fourth-order valence-corrected chi connectivity index (χ4v) is 4.93. The SMILES string of the molecule is COc1cccc(CCc2c(CCNC(=O)CCCCC(=O)NCCc3ccc(OC)c(F)c3)ccc(OC)c2OC)c1. The number of halogens is 1. The lowest BCUT2D eigenvalue weighted by molar-refractivity contribution is -0.123. The molecule has 9 heteroatoms. The van der Waals surface area contributed by atoms with Crippen molar-refractivity contribution >= 4 is 11.8 Å². The lowest BCUT2D eigenvalue weighted by Crippen LogP contribution is -2.26. The number of hydrogen-bond donors (Lipinski definition) is 2. The number of unbranched alkanes of at least 4 members (excludes halogenated alkanes) is 1. The van der Waals surface area contributed by atoms with Gasteiger partial charge in [-0.3, -0.25) is 9.59 Å². The van der Waals surface area contributed by atoms with Crippen molar-refractivity contribution in [2.45, 2.75) is 51.4 Å². The van der Waals surface area contributed by atoms with Crippen molar-refractivity contribution in [3.63, 3.8) is 0 Å². The van der Waals surface area contributed by atoms with Crippen LogP contribution in [-0.4, -0.2) is 53.3 Å². The molecular weight excluding hydrogens is 551 g/mol. The highest BCUT2D eigenvalue weighted by Crippen LogP contribution is 2.35. The van der Waals surface area contributed by atoms with Gasteiger partial charge in [-0.05, 0) is 85.5 Å². The predicted octanol–water partition coefficient (Wildman–Crippen LogP) is 5.22. The second-order valence-corrected chi connectivity index (χ2v) is 10.2. The quantitative estimate of drug-likeness (QED) is 0.196. The molecule has 0 saturated heterocycles. The summed E-state index contributed by atoms with van der Waals surface area (Å²) in [7, 11) is 6.34. The van der Waals surface area contributed by atoms with Gasteiger partial charge in [0.2, 0.25) is 11.8 Å². The van der Waals surface area contributed by atoms with Gasteiger partial charge in [-0.1, -0.05) is 24.3 Å². The molecule has 0 spiro atoms. The summed E-state index contributed by atoms with van der Waals surface area (Å²) < 4.78 is 35.3. The summed E-state index contributed by atoms with van der Waals surface area (Å²) in [5.74, 6) is 1.87. The van der Waals surface area contributed by atoms with Crippen LogP contribution < -0.4 is 29.6 Å². The van der Waals surface area contributed by atoms with Crippen molar-refractivity contribution in [2.24, 2.45) is 0 Å². The summed E-state index contributed by atoms with van der Waals surface area (Å²) in [6, 6.07) is 16.7. The molecule has 0 radical (unpaired) electrons. The van der Waals surface area contributed by atoms with Crippen molar-refractivity contribution in [2.75, 3.05) is 41.5 Å². The van der Waals surface area contributed by atoms with Crippen LogP contribution in [0.4, 0.5) is 4.39 Å². The van der Waals surface area contributed by atoms with E-state index in [2.05, 4.69) is 16.7 Å². The number of hydrogen-bond acceptors (Lipinski definition) is 6. The monoisotopic (exact) mass is 594 g/mol. The van der Waals surface area contributed by atoms with Gasteiger partial charge >= 0.3 is 0 Å². The van der Waals surface area contributed by atoms with Crippen LogP contribution >= 0.6 is 0 Å². The molecule has 0 saturated carbocycles. The van der Waals surface area contributed by atoms with Crippen molar-refractivity contribution in [3.8, 4) is 23.0 Å². The number of ether oxygens (including phenoxy) is 4.